The van der Waals surface area contributed by atoms with Gasteiger partial charge in [0, 0.05) is 6.26 Å². The second kappa shape index (κ2) is 6.19. The highest BCUT2D eigenvalue weighted by atomic mass is 32.2. The molecule has 0 radical (unpaired) electrons. The molecule has 0 saturated heterocycles. The smallest absolute Gasteiger partial charge is 0.267 e. The number of aliphatic imine (C=N–C) groups is 1. The van der Waals surface area contributed by atoms with Crippen molar-refractivity contribution in [3.8, 4) is 0 Å². The summed E-state index contributed by atoms with van der Waals surface area (Å²) in [5, 5.41) is 11.5. The Labute approximate surface area is 134 Å². The van der Waals surface area contributed by atoms with Crippen LogP contribution in [0.15, 0.2) is 22.0 Å². The van der Waals surface area contributed by atoms with Crippen LogP contribution >= 0.6 is 0 Å². The summed E-state index contributed by atoms with van der Waals surface area (Å²) in [5.41, 5.74) is -0.619. The van der Waals surface area contributed by atoms with Crippen LogP contribution in [0.3, 0.4) is 0 Å². The van der Waals surface area contributed by atoms with E-state index >= 15 is 0 Å². The van der Waals surface area contributed by atoms with Gasteiger partial charge in [-0.25, -0.2) is 13.4 Å². The second-order valence-electron chi connectivity index (χ2n) is 5.89. The number of sulfone groups is 1. The Balaban J connectivity index is 2.85. The van der Waals surface area contributed by atoms with Crippen molar-refractivity contribution in [1.82, 2.24) is 0 Å². The molecule has 1 fully saturated rings. The summed E-state index contributed by atoms with van der Waals surface area (Å²) in [4.78, 5) is 25.3. The Morgan fingerprint density at radius 2 is 2.04 bits per heavy atom. The van der Waals surface area contributed by atoms with E-state index in [2.05, 4.69) is 11.7 Å². The van der Waals surface area contributed by atoms with Crippen LogP contribution in [0.2, 0.25) is 0 Å². The third kappa shape index (κ3) is 3.17. The van der Waals surface area contributed by atoms with Crippen LogP contribution in [0.1, 0.15) is 48.0 Å². The number of benzene rings is 1. The van der Waals surface area contributed by atoms with E-state index in [1.165, 1.54) is 12.1 Å². The van der Waals surface area contributed by atoms with Crippen LogP contribution < -0.4 is 0 Å². The zero-order chi connectivity index (χ0) is 17.4. The van der Waals surface area contributed by atoms with Crippen molar-refractivity contribution in [2.24, 2.45) is 10.9 Å². The van der Waals surface area contributed by atoms with Crippen molar-refractivity contribution in [1.29, 1.82) is 0 Å². The molecule has 2 unspecified atom stereocenters. The molecule has 124 valence electrons. The predicted molar refractivity (Wildman–Crippen MR) is 85.8 cm³/mol. The summed E-state index contributed by atoms with van der Waals surface area (Å²) < 4.78 is 24.5. The number of carbonyl (C=O) groups is 1. The third-order valence-corrected chi connectivity index (χ3v) is 5.52. The van der Waals surface area contributed by atoms with Crippen LogP contribution in [0.4, 0.5) is 5.69 Å². The number of carbonyl (C=O) groups excluding carboxylic acids is 1. The number of hydrogen-bond donors (Lipinski definition) is 0. The Hall–Kier alpha value is -2.09. The van der Waals surface area contributed by atoms with E-state index in [-0.39, 0.29) is 22.3 Å². The van der Waals surface area contributed by atoms with Crippen LogP contribution in [0, 0.1) is 16.0 Å². The van der Waals surface area contributed by atoms with E-state index in [1.54, 1.807) is 0 Å². The molecule has 1 saturated carbocycles. The predicted octanol–water partition coefficient (Wildman–Crippen LogP) is 2.74. The first-order chi connectivity index (χ1) is 10.7. The average Bonchev–Trinajstić information content (AvgIpc) is 2.89. The normalized spacial score (nSPS) is 21.1. The van der Waals surface area contributed by atoms with E-state index in [4.69, 9.17) is 0 Å². The maximum Gasteiger partial charge on any atom is 0.301 e. The van der Waals surface area contributed by atoms with Crippen molar-refractivity contribution in [3.63, 3.8) is 0 Å². The maximum atomic E-state index is 12.2. The quantitative estimate of drug-likeness (QED) is 0.476. The standard InChI is InChI=1S/C15H18N2O5S/c1-9-5-4-6-10(9)11-7-8-12(15(18)16-2)13(17(19)20)14(11)23(3,21)22/h7-10H,2,4-6H2,1,3H3. The number of rotatable bonds is 4. The molecule has 23 heavy (non-hydrogen) atoms. The number of amides is 1. The molecule has 1 aliphatic carbocycles. The molecule has 0 aromatic heterocycles. The van der Waals surface area contributed by atoms with Gasteiger partial charge < -0.3 is 0 Å². The Bertz CT molecular complexity index is 785. The fourth-order valence-electron chi connectivity index (χ4n) is 3.31. The summed E-state index contributed by atoms with van der Waals surface area (Å²) >= 11 is 0. The Kier molecular flexibility index (Phi) is 4.65. The molecule has 0 heterocycles. The molecular formula is C15H18N2O5S. The molecule has 1 aromatic carbocycles. The molecule has 0 bridgehead atoms. The highest BCUT2D eigenvalue weighted by Gasteiger charge is 2.37. The van der Waals surface area contributed by atoms with Crippen LogP contribution in [-0.4, -0.2) is 32.2 Å². The van der Waals surface area contributed by atoms with Gasteiger partial charge in [-0.15, -0.1) is 0 Å². The molecule has 0 spiro atoms. The van der Waals surface area contributed by atoms with Gasteiger partial charge in [-0.2, -0.15) is 0 Å². The SMILES string of the molecule is C=NC(=O)c1ccc(C2CCCC2C)c(S(C)(=O)=O)c1[N+](=O)[O-]. The lowest BCUT2D eigenvalue weighted by Gasteiger charge is -2.19. The van der Waals surface area contributed by atoms with Gasteiger partial charge in [-0.1, -0.05) is 25.8 Å². The highest BCUT2D eigenvalue weighted by Crippen LogP contribution is 2.44. The molecule has 1 amide bonds. The molecule has 2 atom stereocenters. The summed E-state index contributed by atoms with van der Waals surface area (Å²) in [7, 11) is -3.89. The monoisotopic (exact) mass is 338 g/mol. The molecule has 0 N–H and O–H groups in total. The summed E-state index contributed by atoms with van der Waals surface area (Å²) in [6, 6.07) is 2.79. The molecular weight excluding hydrogens is 320 g/mol. The van der Waals surface area contributed by atoms with Gasteiger partial charge >= 0.3 is 5.69 Å². The zero-order valence-corrected chi connectivity index (χ0v) is 13.8. The molecule has 8 heteroatoms. The molecule has 1 aromatic rings. The fourth-order valence-corrected chi connectivity index (χ4v) is 4.50. The molecule has 1 aliphatic rings. The van der Waals surface area contributed by atoms with Gasteiger partial charge in [0.25, 0.3) is 5.91 Å². The van der Waals surface area contributed by atoms with Gasteiger partial charge in [0.15, 0.2) is 9.84 Å². The molecule has 7 nitrogen and oxygen atoms in total. The summed E-state index contributed by atoms with van der Waals surface area (Å²) in [6.45, 7) is 5.07. The minimum absolute atomic E-state index is 0.0701. The van der Waals surface area contributed by atoms with E-state index < -0.39 is 26.4 Å². The number of nitrogens with zero attached hydrogens (tertiary/aromatic N) is 2. The lowest BCUT2D eigenvalue weighted by Crippen LogP contribution is -2.14. The van der Waals surface area contributed by atoms with E-state index in [1.807, 2.05) is 6.92 Å². The number of hydrogen-bond acceptors (Lipinski definition) is 5. The summed E-state index contributed by atoms with van der Waals surface area (Å²) in [6.07, 6.45) is 3.58. The fraction of sp³-hybridized carbons (Fsp3) is 0.467. The van der Waals surface area contributed by atoms with E-state index in [0.717, 1.165) is 25.5 Å². The van der Waals surface area contributed by atoms with Gasteiger partial charge in [-0.3, -0.25) is 14.9 Å². The van der Waals surface area contributed by atoms with Crippen LogP contribution in [-0.2, 0) is 9.84 Å². The molecule has 0 aliphatic heterocycles. The summed E-state index contributed by atoms with van der Waals surface area (Å²) in [5.74, 6) is -0.749. The first-order valence-electron chi connectivity index (χ1n) is 7.20. The largest absolute Gasteiger partial charge is 0.301 e. The topological polar surface area (TPSA) is 107 Å². The third-order valence-electron chi connectivity index (χ3n) is 4.35. The first-order valence-corrected chi connectivity index (χ1v) is 9.10. The number of nitro groups is 1. The minimum Gasteiger partial charge on any atom is -0.267 e. The van der Waals surface area contributed by atoms with Gasteiger partial charge in [-0.05, 0) is 36.6 Å². The van der Waals surface area contributed by atoms with Crippen molar-refractivity contribution in [2.75, 3.05) is 6.26 Å². The minimum atomic E-state index is -3.89. The maximum absolute atomic E-state index is 12.2. The zero-order valence-electron chi connectivity index (χ0n) is 13.0. The van der Waals surface area contributed by atoms with Crippen molar-refractivity contribution in [2.45, 2.75) is 37.0 Å². The number of nitro benzene ring substituents is 1. The van der Waals surface area contributed by atoms with E-state index in [9.17, 15) is 23.3 Å². The Morgan fingerprint density at radius 3 is 2.48 bits per heavy atom. The highest BCUT2D eigenvalue weighted by molar-refractivity contribution is 7.91. The lowest BCUT2D eigenvalue weighted by molar-refractivity contribution is -0.388. The lowest BCUT2D eigenvalue weighted by atomic mass is 9.89. The van der Waals surface area contributed by atoms with Crippen LogP contribution in [0.5, 0.6) is 0 Å². The van der Waals surface area contributed by atoms with Crippen LogP contribution in [0.25, 0.3) is 0 Å². The Morgan fingerprint density at radius 1 is 1.39 bits per heavy atom. The van der Waals surface area contributed by atoms with Gasteiger partial charge in [0.05, 0.1) is 4.92 Å². The molecule has 2 rings (SSSR count). The first kappa shape index (κ1) is 17.3. The average molecular weight is 338 g/mol. The van der Waals surface area contributed by atoms with Crippen molar-refractivity contribution >= 4 is 28.1 Å². The van der Waals surface area contributed by atoms with E-state index in [0.29, 0.717) is 5.56 Å². The second-order valence-corrected chi connectivity index (χ2v) is 7.84. The van der Waals surface area contributed by atoms with Gasteiger partial charge in [0.2, 0.25) is 0 Å². The van der Waals surface area contributed by atoms with Crippen molar-refractivity contribution in [3.05, 3.63) is 33.4 Å². The van der Waals surface area contributed by atoms with Crippen molar-refractivity contribution < 1.29 is 18.1 Å². The van der Waals surface area contributed by atoms with Gasteiger partial charge in [0.1, 0.15) is 10.5 Å².